The van der Waals surface area contributed by atoms with Gasteiger partial charge in [0.15, 0.2) is 0 Å². The third-order valence-electron chi connectivity index (χ3n) is 2.34. The van der Waals surface area contributed by atoms with Gasteiger partial charge in [0, 0.05) is 25.1 Å². The number of halogens is 1. The summed E-state index contributed by atoms with van der Waals surface area (Å²) < 4.78 is 18.0. The average molecular weight is 254 g/mol. The van der Waals surface area contributed by atoms with Crippen molar-refractivity contribution in [2.75, 3.05) is 19.0 Å². The van der Waals surface area contributed by atoms with E-state index in [-0.39, 0.29) is 5.91 Å². The van der Waals surface area contributed by atoms with Gasteiger partial charge < -0.3 is 15.4 Å². The molecule has 0 aliphatic carbocycles. The van der Waals surface area contributed by atoms with Crippen LogP contribution in [0, 0.1) is 5.82 Å². The zero-order chi connectivity index (χ0) is 13.5. The average Bonchev–Trinajstić information content (AvgIpc) is 2.31. The fourth-order valence-electron chi connectivity index (χ4n) is 1.46. The minimum absolute atomic E-state index is 0.131. The number of anilines is 1. The van der Waals surface area contributed by atoms with E-state index in [2.05, 4.69) is 10.6 Å². The van der Waals surface area contributed by atoms with Gasteiger partial charge in [-0.3, -0.25) is 4.79 Å². The molecule has 0 saturated carbocycles. The lowest BCUT2D eigenvalue weighted by molar-refractivity contribution is -0.116. The van der Waals surface area contributed by atoms with Crippen LogP contribution < -0.4 is 15.4 Å². The maximum atomic E-state index is 13.0. The van der Waals surface area contributed by atoms with Crippen LogP contribution in [-0.4, -0.2) is 25.6 Å². The number of benzene rings is 1. The molecule has 0 aliphatic rings. The zero-order valence-corrected chi connectivity index (χ0v) is 10.9. The van der Waals surface area contributed by atoms with Crippen molar-refractivity contribution >= 4 is 11.6 Å². The molecule has 18 heavy (non-hydrogen) atoms. The summed E-state index contributed by atoms with van der Waals surface area (Å²) in [6.07, 6.45) is 0.360. The van der Waals surface area contributed by atoms with Crippen LogP contribution in [0.25, 0.3) is 0 Å². The normalized spacial score (nSPS) is 10.5. The van der Waals surface area contributed by atoms with Gasteiger partial charge in [-0.05, 0) is 12.1 Å². The molecular formula is C13H19FN2O2. The molecule has 2 N–H and O–H groups in total. The summed E-state index contributed by atoms with van der Waals surface area (Å²) in [7, 11) is 1.44. The Morgan fingerprint density at radius 1 is 1.44 bits per heavy atom. The molecule has 1 rings (SSSR count). The molecule has 5 heteroatoms. The van der Waals surface area contributed by atoms with Gasteiger partial charge in [0.2, 0.25) is 5.91 Å². The number of hydrogen-bond acceptors (Lipinski definition) is 3. The number of rotatable bonds is 6. The molecule has 0 atom stereocenters. The monoisotopic (exact) mass is 254 g/mol. The van der Waals surface area contributed by atoms with Crippen LogP contribution in [-0.2, 0) is 4.79 Å². The molecule has 0 heterocycles. The van der Waals surface area contributed by atoms with Crippen LogP contribution >= 0.6 is 0 Å². The Hall–Kier alpha value is -1.62. The molecule has 0 saturated heterocycles. The lowest BCUT2D eigenvalue weighted by Crippen LogP contribution is -2.27. The van der Waals surface area contributed by atoms with Gasteiger partial charge in [-0.15, -0.1) is 0 Å². The van der Waals surface area contributed by atoms with E-state index in [1.165, 1.54) is 25.3 Å². The predicted octanol–water partition coefficient (Wildman–Crippen LogP) is 2.16. The molecule has 1 amide bonds. The molecule has 0 aliphatic heterocycles. The number of carbonyl (C=O) groups excluding carboxylic acids is 1. The number of hydrogen-bond donors (Lipinski definition) is 2. The van der Waals surface area contributed by atoms with Crippen molar-refractivity contribution in [3.63, 3.8) is 0 Å². The highest BCUT2D eigenvalue weighted by Crippen LogP contribution is 2.24. The molecular weight excluding hydrogens is 235 g/mol. The summed E-state index contributed by atoms with van der Waals surface area (Å²) in [5, 5.41) is 5.84. The van der Waals surface area contributed by atoms with E-state index in [1.54, 1.807) is 0 Å². The van der Waals surface area contributed by atoms with Crippen LogP contribution in [0.4, 0.5) is 10.1 Å². The largest absolute Gasteiger partial charge is 0.494 e. The lowest BCUT2D eigenvalue weighted by atomic mass is 10.2. The van der Waals surface area contributed by atoms with Crippen molar-refractivity contribution in [2.24, 2.45) is 0 Å². The summed E-state index contributed by atoms with van der Waals surface area (Å²) >= 11 is 0. The van der Waals surface area contributed by atoms with Crippen LogP contribution in [0.2, 0.25) is 0 Å². The number of methoxy groups -OCH3 is 1. The van der Waals surface area contributed by atoms with Crippen molar-refractivity contribution in [3.05, 3.63) is 24.0 Å². The Morgan fingerprint density at radius 2 is 2.17 bits per heavy atom. The number of carbonyl (C=O) groups is 1. The zero-order valence-electron chi connectivity index (χ0n) is 10.9. The highest BCUT2D eigenvalue weighted by atomic mass is 19.1. The topological polar surface area (TPSA) is 50.4 Å². The van der Waals surface area contributed by atoms with Crippen molar-refractivity contribution in [3.8, 4) is 5.75 Å². The highest BCUT2D eigenvalue weighted by molar-refractivity contribution is 5.92. The number of nitrogens with one attached hydrogen (secondary N) is 2. The molecule has 0 radical (unpaired) electrons. The SMILES string of the molecule is COc1cc(F)ccc1NC(=O)CCNC(C)C. The lowest BCUT2D eigenvalue weighted by Gasteiger charge is -2.11. The van der Waals surface area contributed by atoms with E-state index in [9.17, 15) is 9.18 Å². The number of amides is 1. The van der Waals surface area contributed by atoms with Gasteiger partial charge in [-0.1, -0.05) is 13.8 Å². The summed E-state index contributed by atoms with van der Waals surface area (Å²) in [6.45, 7) is 4.63. The quantitative estimate of drug-likeness (QED) is 0.818. The first-order valence-electron chi connectivity index (χ1n) is 5.89. The molecule has 1 aromatic rings. The van der Waals surface area contributed by atoms with Crippen LogP contribution in [0.15, 0.2) is 18.2 Å². The second-order valence-corrected chi connectivity index (χ2v) is 4.25. The van der Waals surface area contributed by atoms with E-state index in [0.29, 0.717) is 30.4 Å². The van der Waals surface area contributed by atoms with E-state index < -0.39 is 5.82 Å². The summed E-state index contributed by atoms with van der Waals surface area (Å²) in [5.74, 6) is -0.209. The number of ether oxygens (including phenoxy) is 1. The summed E-state index contributed by atoms with van der Waals surface area (Å²) in [4.78, 5) is 11.6. The van der Waals surface area contributed by atoms with E-state index in [1.807, 2.05) is 13.8 Å². The molecule has 100 valence electrons. The summed E-state index contributed by atoms with van der Waals surface area (Å²) in [6, 6.07) is 4.35. The Kier molecular flexibility index (Phi) is 5.58. The molecule has 0 spiro atoms. The van der Waals surface area contributed by atoms with Crippen LogP contribution in [0.1, 0.15) is 20.3 Å². The van der Waals surface area contributed by atoms with Gasteiger partial charge in [0.1, 0.15) is 11.6 Å². The minimum Gasteiger partial charge on any atom is -0.494 e. The van der Waals surface area contributed by atoms with E-state index >= 15 is 0 Å². The molecule has 1 aromatic carbocycles. The molecule has 0 aromatic heterocycles. The standard InChI is InChI=1S/C13H19FN2O2/c1-9(2)15-7-6-13(17)16-11-5-4-10(14)8-12(11)18-3/h4-5,8-9,15H,6-7H2,1-3H3,(H,16,17). The fraction of sp³-hybridized carbons (Fsp3) is 0.462. The van der Waals surface area contributed by atoms with Crippen LogP contribution in [0.3, 0.4) is 0 Å². The van der Waals surface area contributed by atoms with E-state index in [4.69, 9.17) is 4.74 Å². The van der Waals surface area contributed by atoms with Crippen molar-refractivity contribution in [2.45, 2.75) is 26.3 Å². The molecule has 4 nitrogen and oxygen atoms in total. The van der Waals surface area contributed by atoms with Crippen molar-refractivity contribution < 1.29 is 13.9 Å². The molecule has 0 unspecified atom stereocenters. The van der Waals surface area contributed by atoms with Crippen molar-refractivity contribution in [1.82, 2.24) is 5.32 Å². The highest BCUT2D eigenvalue weighted by Gasteiger charge is 2.08. The van der Waals surface area contributed by atoms with Gasteiger partial charge in [-0.2, -0.15) is 0 Å². The Balaban J connectivity index is 2.53. The Morgan fingerprint density at radius 3 is 2.78 bits per heavy atom. The second kappa shape index (κ2) is 6.96. The van der Waals surface area contributed by atoms with Gasteiger partial charge in [-0.25, -0.2) is 4.39 Å². The summed E-state index contributed by atoms with van der Waals surface area (Å²) in [5.41, 5.74) is 0.480. The minimum atomic E-state index is -0.397. The Labute approximate surface area is 107 Å². The van der Waals surface area contributed by atoms with E-state index in [0.717, 1.165) is 0 Å². The second-order valence-electron chi connectivity index (χ2n) is 4.25. The van der Waals surface area contributed by atoms with Gasteiger partial charge in [0.05, 0.1) is 12.8 Å². The first-order valence-corrected chi connectivity index (χ1v) is 5.89. The first kappa shape index (κ1) is 14.4. The Bertz CT molecular complexity index is 408. The third-order valence-corrected chi connectivity index (χ3v) is 2.34. The first-order chi connectivity index (χ1) is 8.52. The molecule has 0 fully saturated rings. The van der Waals surface area contributed by atoms with Gasteiger partial charge in [0.25, 0.3) is 0 Å². The maximum absolute atomic E-state index is 13.0. The maximum Gasteiger partial charge on any atom is 0.225 e. The van der Waals surface area contributed by atoms with Crippen molar-refractivity contribution in [1.29, 1.82) is 0 Å². The molecule has 0 bridgehead atoms. The van der Waals surface area contributed by atoms with Crippen LogP contribution in [0.5, 0.6) is 5.75 Å². The predicted molar refractivity (Wildman–Crippen MR) is 69.3 cm³/mol. The third kappa shape index (κ3) is 4.71. The van der Waals surface area contributed by atoms with Gasteiger partial charge >= 0.3 is 0 Å². The smallest absolute Gasteiger partial charge is 0.225 e. The fourth-order valence-corrected chi connectivity index (χ4v) is 1.46.